The minimum atomic E-state index is -0.351. The fourth-order valence-corrected chi connectivity index (χ4v) is 2.53. The van der Waals surface area contributed by atoms with Gasteiger partial charge in [0, 0.05) is 10.9 Å². The first-order chi connectivity index (χ1) is 5.65. The van der Waals surface area contributed by atoms with Crippen LogP contribution in [0.2, 0.25) is 0 Å². The molecule has 1 aromatic heterocycles. The van der Waals surface area contributed by atoms with Gasteiger partial charge in [-0.25, -0.2) is 0 Å². The second-order valence-corrected chi connectivity index (χ2v) is 5.09. The number of hydrogen-bond acceptors (Lipinski definition) is 2. The maximum atomic E-state index is 11.9. The van der Waals surface area contributed by atoms with Crippen LogP contribution in [0.1, 0.15) is 22.9 Å². The molecule has 1 nitrogen and oxygen atoms in total. The van der Waals surface area contributed by atoms with Gasteiger partial charge >= 0.3 is 0 Å². The van der Waals surface area contributed by atoms with Gasteiger partial charge in [0.05, 0.1) is 10.5 Å². The zero-order valence-electron chi connectivity index (χ0n) is 6.81. The van der Waals surface area contributed by atoms with Crippen LogP contribution < -0.4 is 5.73 Å². The average Bonchev–Trinajstić information content (AvgIpc) is 2.33. The Morgan fingerprint density at radius 2 is 2.42 bits per heavy atom. The Morgan fingerprint density at radius 3 is 2.83 bits per heavy atom. The monoisotopic (exact) mass is 251 g/mol. The van der Waals surface area contributed by atoms with E-state index in [1.807, 2.05) is 13.0 Å². The maximum absolute atomic E-state index is 11.9. The highest BCUT2D eigenvalue weighted by atomic mass is 79.9. The summed E-state index contributed by atoms with van der Waals surface area (Å²) in [5, 5.41) is 0. The zero-order chi connectivity index (χ0) is 9.14. The summed E-state index contributed by atoms with van der Waals surface area (Å²) in [5.74, 6) is 0. The van der Waals surface area contributed by atoms with Gasteiger partial charge in [0.25, 0.3) is 0 Å². The number of nitrogens with two attached hydrogens (primary N) is 1. The van der Waals surface area contributed by atoms with Crippen LogP contribution in [0.4, 0.5) is 4.39 Å². The van der Waals surface area contributed by atoms with Gasteiger partial charge in [-0.05, 0) is 40.9 Å². The molecule has 68 valence electrons. The molecule has 0 fully saturated rings. The maximum Gasteiger partial charge on any atom is 0.0912 e. The molecule has 0 aromatic carbocycles. The molecule has 1 aromatic rings. The van der Waals surface area contributed by atoms with Crippen molar-refractivity contribution in [3.05, 3.63) is 20.3 Å². The molecule has 0 saturated carbocycles. The van der Waals surface area contributed by atoms with Crippen molar-refractivity contribution >= 4 is 27.3 Å². The van der Waals surface area contributed by atoms with E-state index in [0.717, 1.165) is 8.66 Å². The standard InChI is InChI=1S/C8H11BrFNS/c1-5-4-7(12-8(5)9)6(11)2-3-10/h4,6H,2-3,11H2,1H3/t6-/m0/s1. The van der Waals surface area contributed by atoms with Crippen molar-refractivity contribution < 1.29 is 4.39 Å². The van der Waals surface area contributed by atoms with E-state index >= 15 is 0 Å². The lowest BCUT2D eigenvalue weighted by Gasteiger charge is -2.04. The highest BCUT2D eigenvalue weighted by molar-refractivity contribution is 9.11. The van der Waals surface area contributed by atoms with Crippen molar-refractivity contribution in [3.8, 4) is 0 Å². The quantitative estimate of drug-likeness (QED) is 0.878. The topological polar surface area (TPSA) is 26.0 Å². The molecule has 4 heteroatoms. The normalized spacial score (nSPS) is 13.3. The van der Waals surface area contributed by atoms with Crippen molar-refractivity contribution in [2.24, 2.45) is 5.73 Å². The van der Waals surface area contributed by atoms with E-state index in [1.165, 1.54) is 5.56 Å². The van der Waals surface area contributed by atoms with Crippen molar-refractivity contribution in [1.29, 1.82) is 0 Å². The van der Waals surface area contributed by atoms with Crippen LogP contribution in [0.5, 0.6) is 0 Å². The van der Waals surface area contributed by atoms with Gasteiger partial charge in [-0.3, -0.25) is 4.39 Å². The van der Waals surface area contributed by atoms with Gasteiger partial charge < -0.3 is 5.73 Å². The lowest BCUT2D eigenvalue weighted by atomic mass is 10.2. The van der Waals surface area contributed by atoms with Gasteiger partial charge in [0.15, 0.2) is 0 Å². The summed E-state index contributed by atoms with van der Waals surface area (Å²) in [6.45, 7) is 1.65. The molecule has 1 heterocycles. The second-order valence-electron chi connectivity index (χ2n) is 2.69. The van der Waals surface area contributed by atoms with Crippen molar-refractivity contribution in [2.45, 2.75) is 19.4 Å². The van der Waals surface area contributed by atoms with Crippen LogP contribution in [0.15, 0.2) is 9.85 Å². The van der Waals surface area contributed by atoms with E-state index in [9.17, 15) is 4.39 Å². The van der Waals surface area contributed by atoms with Gasteiger partial charge in [-0.1, -0.05) is 0 Å². The minimum Gasteiger partial charge on any atom is -0.323 e. The van der Waals surface area contributed by atoms with Crippen LogP contribution in [0.3, 0.4) is 0 Å². The number of rotatable bonds is 3. The number of hydrogen-bond donors (Lipinski definition) is 1. The molecule has 1 rings (SSSR count). The summed E-state index contributed by atoms with van der Waals surface area (Å²) >= 11 is 4.99. The number of alkyl halides is 1. The van der Waals surface area contributed by atoms with E-state index < -0.39 is 0 Å². The fourth-order valence-electron chi connectivity index (χ4n) is 0.926. The lowest BCUT2D eigenvalue weighted by Crippen LogP contribution is -2.08. The van der Waals surface area contributed by atoms with E-state index in [2.05, 4.69) is 15.9 Å². The molecule has 0 aliphatic heterocycles. The van der Waals surface area contributed by atoms with Crippen molar-refractivity contribution in [2.75, 3.05) is 6.67 Å². The van der Waals surface area contributed by atoms with Gasteiger partial charge in [-0.2, -0.15) is 0 Å². The van der Waals surface area contributed by atoms with E-state index in [0.29, 0.717) is 6.42 Å². The number of aryl methyl sites for hydroxylation is 1. The molecule has 2 N–H and O–H groups in total. The number of halogens is 2. The SMILES string of the molecule is Cc1cc([C@@H](N)CCF)sc1Br. The Morgan fingerprint density at radius 1 is 1.75 bits per heavy atom. The summed E-state index contributed by atoms with van der Waals surface area (Å²) in [7, 11) is 0. The van der Waals surface area contributed by atoms with Crippen molar-refractivity contribution in [3.63, 3.8) is 0 Å². The van der Waals surface area contributed by atoms with E-state index in [4.69, 9.17) is 5.73 Å². The molecule has 12 heavy (non-hydrogen) atoms. The third kappa shape index (κ3) is 2.28. The third-order valence-corrected chi connectivity index (χ3v) is 3.93. The Balaban J connectivity index is 2.74. The van der Waals surface area contributed by atoms with E-state index in [-0.39, 0.29) is 12.7 Å². The smallest absolute Gasteiger partial charge is 0.0912 e. The lowest BCUT2D eigenvalue weighted by molar-refractivity contribution is 0.444. The third-order valence-electron chi connectivity index (χ3n) is 1.66. The summed E-state index contributed by atoms with van der Waals surface area (Å²) in [5.41, 5.74) is 6.91. The zero-order valence-corrected chi connectivity index (χ0v) is 9.21. The molecule has 0 bridgehead atoms. The molecule has 0 unspecified atom stereocenters. The average molecular weight is 252 g/mol. The Hall–Kier alpha value is 0.0700. The Labute approximate surface area is 83.9 Å². The van der Waals surface area contributed by atoms with Crippen LogP contribution in [-0.2, 0) is 0 Å². The number of thiophene rings is 1. The molecule has 0 aliphatic rings. The molecule has 0 amide bonds. The molecular weight excluding hydrogens is 241 g/mol. The minimum absolute atomic E-state index is 0.148. The van der Waals surface area contributed by atoms with Crippen molar-refractivity contribution in [1.82, 2.24) is 0 Å². The highest BCUT2D eigenvalue weighted by Crippen LogP contribution is 2.31. The molecule has 0 spiro atoms. The van der Waals surface area contributed by atoms with Crippen LogP contribution in [0.25, 0.3) is 0 Å². The summed E-state index contributed by atoms with van der Waals surface area (Å²) in [6, 6.07) is 1.86. The Kier molecular flexibility index (Phi) is 3.68. The van der Waals surface area contributed by atoms with Gasteiger partial charge in [-0.15, -0.1) is 11.3 Å². The summed E-state index contributed by atoms with van der Waals surface area (Å²) in [4.78, 5) is 1.05. The molecular formula is C8H11BrFNS. The predicted octanol–water partition coefficient (Wildman–Crippen LogP) is 3.18. The molecule has 0 radical (unpaired) electrons. The fraction of sp³-hybridized carbons (Fsp3) is 0.500. The first-order valence-electron chi connectivity index (χ1n) is 3.72. The van der Waals surface area contributed by atoms with Crippen LogP contribution >= 0.6 is 27.3 Å². The predicted molar refractivity (Wildman–Crippen MR) is 54.3 cm³/mol. The highest BCUT2D eigenvalue weighted by Gasteiger charge is 2.10. The van der Waals surface area contributed by atoms with Gasteiger partial charge in [0.1, 0.15) is 0 Å². The Bertz CT molecular complexity index is 242. The molecule has 0 saturated heterocycles. The summed E-state index contributed by atoms with van der Waals surface area (Å²) < 4.78 is 13.0. The first kappa shape index (κ1) is 10.2. The first-order valence-corrected chi connectivity index (χ1v) is 5.33. The van der Waals surface area contributed by atoms with Crippen LogP contribution in [-0.4, -0.2) is 6.67 Å². The largest absolute Gasteiger partial charge is 0.323 e. The molecule has 1 atom stereocenters. The second kappa shape index (κ2) is 4.35. The van der Waals surface area contributed by atoms with Gasteiger partial charge in [0.2, 0.25) is 0 Å². The van der Waals surface area contributed by atoms with Crippen LogP contribution in [0, 0.1) is 6.92 Å². The summed E-state index contributed by atoms with van der Waals surface area (Å²) in [6.07, 6.45) is 0.409. The molecule has 0 aliphatic carbocycles. The van der Waals surface area contributed by atoms with E-state index in [1.54, 1.807) is 11.3 Å².